The number of nitrogens with zero attached hydrogens (tertiary/aromatic N) is 4. The summed E-state index contributed by atoms with van der Waals surface area (Å²) in [6, 6.07) is 3.96. The van der Waals surface area contributed by atoms with Crippen molar-refractivity contribution in [3.05, 3.63) is 41.1 Å². The first-order valence-electron chi connectivity index (χ1n) is 10.3. The van der Waals surface area contributed by atoms with E-state index in [4.69, 9.17) is 10.5 Å². The Balaban J connectivity index is 1.37. The lowest BCUT2D eigenvalue weighted by Crippen LogP contribution is -2.51. The third-order valence-electron chi connectivity index (χ3n) is 6.64. The second-order valence-corrected chi connectivity index (χ2v) is 9.41. The fourth-order valence-electron chi connectivity index (χ4n) is 4.65. The Bertz CT molecular complexity index is 1130. The fraction of sp³-hybridized carbons (Fsp3) is 0.476. The van der Waals surface area contributed by atoms with Crippen molar-refractivity contribution in [3.63, 3.8) is 0 Å². The van der Waals surface area contributed by atoms with Crippen molar-refractivity contribution in [3.8, 4) is 0 Å². The Kier molecular flexibility index (Phi) is 4.83. The summed E-state index contributed by atoms with van der Waals surface area (Å²) < 4.78 is 7.47. The molecule has 0 amide bonds. The van der Waals surface area contributed by atoms with Crippen LogP contribution in [0.15, 0.2) is 45.3 Å². The lowest BCUT2D eigenvalue weighted by atomic mass is 9.73. The van der Waals surface area contributed by atoms with Gasteiger partial charge in [-0.15, -0.1) is 0 Å². The van der Waals surface area contributed by atoms with E-state index in [0.717, 1.165) is 48.5 Å². The van der Waals surface area contributed by atoms with Crippen LogP contribution < -0.4 is 16.2 Å². The molecule has 2 fully saturated rings. The molecular formula is C21H26N6O2S. The maximum Gasteiger partial charge on any atom is 0.268 e. The SMILES string of the molecule is C[C@@H]1OCC2(CCN(c3ncc(Sc4ccnc5[nH]ccc45)c(=O)n3C)CC2)[C@@H]1N. The van der Waals surface area contributed by atoms with Crippen molar-refractivity contribution in [1.29, 1.82) is 0 Å². The summed E-state index contributed by atoms with van der Waals surface area (Å²) in [5, 5.41) is 0.999. The highest BCUT2D eigenvalue weighted by Gasteiger charge is 2.47. The predicted octanol–water partition coefficient (Wildman–Crippen LogP) is 2.14. The zero-order chi connectivity index (χ0) is 20.9. The van der Waals surface area contributed by atoms with Crippen molar-refractivity contribution < 1.29 is 4.74 Å². The second kappa shape index (κ2) is 7.40. The van der Waals surface area contributed by atoms with E-state index in [1.165, 1.54) is 11.8 Å². The van der Waals surface area contributed by atoms with E-state index in [0.29, 0.717) is 10.8 Å². The van der Waals surface area contributed by atoms with Crippen molar-refractivity contribution in [2.24, 2.45) is 18.2 Å². The van der Waals surface area contributed by atoms with Gasteiger partial charge in [-0.1, -0.05) is 11.8 Å². The Morgan fingerprint density at radius 2 is 2.07 bits per heavy atom. The molecule has 0 aliphatic carbocycles. The van der Waals surface area contributed by atoms with Crippen molar-refractivity contribution in [2.45, 2.75) is 41.7 Å². The molecule has 0 radical (unpaired) electrons. The van der Waals surface area contributed by atoms with Gasteiger partial charge in [0.05, 0.1) is 23.8 Å². The van der Waals surface area contributed by atoms with Crippen molar-refractivity contribution in [1.82, 2.24) is 19.5 Å². The summed E-state index contributed by atoms with van der Waals surface area (Å²) in [6.07, 6.45) is 7.30. The predicted molar refractivity (Wildman–Crippen MR) is 117 cm³/mol. The summed E-state index contributed by atoms with van der Waals surface area (Å²) >= 11 is 1.43. The van der Waals surface area contributed by atoms with Crippen LogP contribution in [0.3, 0.4) is 0 Å². The van der Waals surface area contributed by atoms with Crippen LogP contribution in [0.4, 0.5) is 5.95 Å². The maximum atomic E-state index is 13.1. The quantitative estimate of drug-likeness (QED) is 0.661. The zero-order valence-corrected chi connectivity index (χ0v) is 18.0. The second-order valence-electron chi connectivity index (χ2n) is 8.33. The van der Waals surface area contributed by atoms with Gasteiger partial charge in [-0.25, -0.2) is 9.97 Å². The van der Waals surface area contributed by atoms with Crippen LogP contribution in [-0.2, 0) is 11.8 Å². The molecule has 9 heteroatoms. The van der Waals surface area contributed by atoms with Crippen LogP contribution in [0.2, 0.25) is 0 Å². The summed E-state index contributed by atoms with van der Waals surface area (Å²) in [5.41, 5.74) is 7.25. The van der Waals surface area contributed by atoms with E-state index < -0.39 is 0 Å². The molecule has 2 aliphatic heterocycles. The van der Waals surface area contributed by atoms with E-state index in [1.807, 2.05) is 18.3 Å². The van der Waals surface area contributed by atoms with Crippen LogP contribution in [0, 0.1) is 5.41 Å². The molecule has 8 nitrogen and oxygen atoms in total. The summed E-state index contributed by atoms with van der Waals surface area (Å²) in [4.78, 5) is 28.9. The molecule has 5 rings (SSSR count). The number of hydrogen-bond acceptors (Lipinski definition) is 7. The number of pyridine rings is 1. The number of anilines is 1. The molecule has 3 N–H and O–H groups in total. The molecule has 0 unspecified atom stereocenters. The number of nitrogens with two attached hydrogens (primary N) is 1. The standard InChI is InChI=1S/C21H26N6O2S/c1-13-17(22)21(12-29-13)5-9-27(10-6-21)20-25-11-16(19(28)26(20)2)30-15-4-8-24-18-14(15)3-7-23-18/h3-4,7-8,11,13,17H,5-6,9-10,12,22H2,1-2H3,(H,23,24)/t13-,17+/m0/s1. The molecule has 3 aromatic rings. The molecule has 2 saturated heterocycles. The summed E-state index contributed by atoms with van der Waals surface area (Å²) in [7, 11) is 1.80. The highest BCUT2D eigenvalue weighted by Crippen LogP contribution is 2.41. The van der Waals surface area contributed by atoms with E-state index in [-0.39, 0.29) is 23.1 Å². The van der Waals surface area contributed by atoms with Crippen molar-refractivity contribution in [2.75, 3.05) is 24.6 Å². The molecule has 0 aromatic carbocycles. The van der Waals surface area contributed by atoms with Crippen LogP contribution in [-0.4, -0.2) is 51.4 Å². The Morgan fingerprint density at radius 1 is 1.27 bits per heavy atom. The molecular weight excluding hydrogens is 400 g/mol. The number of rotatable bonds is 3. The molecule has 1 spiro atoms. The van der Waals surface area contributed by atoms with Gasteiger partial charge in [0.1, 0.15) is 5.65 Å². The Labute approximate surface area is 178 Å². The van der Waals surface area contributed by atoms with E-state index >= 15 is 0 Å². The highest BCUT2D eigenvalue weighted by atomic mass is 32.2. The number of aromatic amines is 1. The van der Waals surface area contributed by atoms with Crippen LogP contribution >= 0.6 is 11.8 Å². The molecule has 30 heavy (non-hydrogen) atoms. The number of ether oxygens (including phenoxy) is 1. The third-order valence-corrected chi connectivity index (χ3v) is 7.72. The third kappa shape index (κ3) is 3.12. The average molecular weight is 427 g/mol. The van der Waals surface area contributed by atoms with E-state index in [2.05, 4.69) is 26.8 Å². The number of fused-ring (bicyclic) bond motifs is 1. The van der Waals surface area contributed by atoms with Gasteiger partial charge >= 0.3 is 0 Å². The number of aromatic nitrogens is 4. The minimum absolute atomic E-state index is 0.0414. The first kappa shape index (κ1) is 19.6. The van der Waals surface area contributed by atoms with Crippen LogP contribution in [0.1, 0.15) is 19.8 Å². The van der Waals surface area contributed by atoms with Gasteiger partial charge in [-0.2, -0.15) is 0 Å². The van der Waals surface area contributed by atoms with Gasteiger partial charge in [0.25, 0.3) is 5.56 Å². The Hall–Kier alpha value is -2.36. The molecule has 5 heterocycles. The first-order chi connectivity index (χ1) is 14.5. The van der Waals surface area contributed by atoms with Gasteiger partial charge in [-0.3, -0.25) is 9.36 Å². The zero-order valence-electron chi connectivity index (χ0n) is 17.2. The molecule has 0 saturated carbocycles. The molecule has 158 valence electrons. The van der Waals surface area contributed by atoms with Gasteiger partial charge < -0.3 is 20.4 Å². The van der Waals surface area contributed by atoms with E-state index in [9.17, 15) is 4.79 Å². The monoisotopic (exact) mass is 426 g/mol. The number of hydrogen-bond donors (Lipinski definition) is 2. The van der Waals surface area contributed by atoms with Crippen LogP contribution in [0.5, 0.6) is 0 Å². The normalized spacial score (nSPS) is 23.5. The summed E-state index contributed by atoms with van der Waals surface area (Å²) in [5.74, 6) is 0.709. The largest absolute Gasteiger partial charge is 0.376 e. The first-order valence-corrected chi connectivity index (χ1v) is 11.1. The van der Waals surface area contributed by atoms with E-state index in [1.54, 1.807) is 24.0 Å². The summed E-state index contributed by atoms with van der Waals surface area (Å²) in [6.45, 7) is 4.43. The fourth-order valence-corrected chi connectivity index (χ4v) is 5.62. The minimum Gasteiger partial charge on any atom is -0.376 e. The minimum atomic E-state index is -0.0414. The topological polar surface area (TPSA) is 102 Å². The van der Waals surface area contributed by atoms with Crippen molar-refractivity contribution >= 4 is 28.7 Å². The molecule has 3 aromatic heterocycles. The van der Waals surface area contributed by atoms with Gasteiger partial charge in [-0.05, 0) is 31.9 Å². The van der Waals surface area contributed by atoms with Gasteiger partial charge in [0, 0.05) is 54.3 Å². The average Bonchev–Trinajstić information content (AvgIpc) is 3.34. The molecule has 0 bridgehead atoms. The highest BCUT2D eigenvalue weighted by molar-refractivity contribution is 7.99. The maximum absolute atomic E-state index is 13.1. The lowest BCUT2D eigenvalue weighted by Gasteiger charge is -2.41. The lowest BCUT2D eigenvalue weighted by molar-refractivity contribution is 0.0973. The van der Waals surface area contributed by atoms with Gasteiger partial charge in [0.15, 0.2) is 0 Å². The number of H-pyrrole nitrogens is 1. The number of piperidine rings is 1. The smallest absolute Gasteiger partial charge is 0.268 e. The molecule has 2 aliphatic rings. The Morgan fingerprint density at radius 3 is 2.80 bits per heavy atom. The number of nitrogens with one attached hydrogen (secondary N) is 1. The van der Waals surface area contributed by atoms with Crippen LogP contribution in [0.25, 0.3) is 11.0 Å². The van der Waals surface area contributed by atoms with Gasteiger partial charge in [0.2, 0.25) is 5.95 Å². The molecule has 2 atom stereocenters.